The number of benzene rings is 2. The molecule has 4 aromatic rings. The number of hydrogen-bond acceptors (Lipinski definition) is 5. The standard InChI is InChI=1S/C21H21FN6O/c1-11-10-24-7-8-28(11)12-5-6-14-16(9-12)26-20(25-14)18-19(23)17-13(22)3-2-4-15(17)27-21(18)29/h2-6,9,11,24H,7-8,10H2,1H3,(H,25,26)(H3,23,27,29)/t11-/m0/s1. The van der Waals surface area contributed by atoms with E-state index in [0.29, 0.717) is 17.4 Å². The summed E-state index contributed by atoms with van der Waals surface area (Å²) in [4.78, 5) is 25.4. The molecule has 0 unspecified atom stereocenters. The van der Waals surface area contributed by atoms with Gasteiger partial charge >= 0.3 is 0 Å². The average molecular weight is 392 g/mol. The molecule has 0 saturated carbocycles. The van der Waals surface area contributed by atoms with Crippen LogP contribution in [0.5, 0.6) is 0 Å². The molecule has 0 radical (unpaired) electrons. The van der Waals surface area contributed by atoms with E-state index >= 15 is 0 Å². The number of anilines is 2. The highest BCUT2D eigenvalue weighted by Crippen LogP contribution is 2.31. The van der Waals surface area contributed by atoms with Gasteiger partial charge in [0.25, 0.3) is 5.56 Å². The number of rotatable bonds is 2. The van der Waals surface area contributed by atoms with Crippen LogP contribution in [0.2, 0.25) is 0 Å². The summed E-state index contributed by atoms with van der Waals surface area (Å²) in [6.07, 6.45) is 0. The molecular formula is C21H21FN6O. The van der Waals surface area contributed by atoms with Gasteiger partial charge in [-0.05, 0) is 37.3 Å². The number of nitrogens with zero attached hydrogens (tertiary/aromatic N) is 2. The molecule has 3 heterocycles. The zero-order valence-corrected chi connectivity index (χ0v) is 15.9. The summed E-state index contributed by atoms with van der Waals surface area (Å²) in [5, 5.41) is 3.58. The van der Waals surface area contributed by atoms with Crippen LogP contribution in [-0.4, -0.2) is 40.6 Å². The monoisotopic (exact) mass is 392 g/mol. The van der Waals surface area contributed by atoms with Crippen molar-refractivity contribution in [3.63, 3.8) is 0 Å². The Kier molecular flexibility index (Phi) is 4.02. The SMILES string of the molecule is C[C@H]1CNCCN1c1ccc2nc(-c3c(N)c4c(F)cccc4[nH]c3=O)[nH]c2c1. The summed E-state index contributed by atoms with van der Waals surface area (Å²) in [6.45, 7) is 4.97. The van der Waals surface area contributed by atoms with Crippen molar-refractivity contribution in [3.8, 4) is 11.4 Å². The maximum Gasteiger partial charge on any atom is 0.261 e. The molecule has 0 bridgehead atoms. The minimum Gasteiger partial charge on any atom is -0.397 e. The fraction of sp³-hybridized carbons (Fsp3) is 0.238. The van der Waals surface area contributed by atoms with Crippen LogP contribution in [0.3, 0.4) is 0 Å². The molecule has 0 amide bonds. The van der Waals surface area contributed by atoms with Gasteiger partial charge in [0.15, 0.2) is 0 Å². The van der Waals surface area contributed by atoms with Crippen molar-refractivity contribution in [2.75, 3.05) is 30.3 Å². The number of piperazine rings is 1. The molecule has 2 aromatic heterocycles. The predicted molar refractivity (Wildman–Crippen MR) is 114 cm³/mol. The Morgan fingerprint density at radius 1 is 1.21 bits per heavy atom. The van der Waals surface area contributed by atoms with Crippen molar-refractivity contribution >= 4 is 33.3 Å². The molecular weight excluding hydrogens is 371 g/mol. The van der Waals surface area contributed by atoms with Crippen molar-refractivity contribution in [1.82, 2.24) is 20.3 Å². The van der Waals surface area contributed by atoms with Crippen LogP contribution < -0.4 is 21.5 Å². The quantitative estimate of drug-likeness (QED) is 0.420. The topological polar surface area (TPSA) is 103 Å². The Hall–Kier alpha value is -3.39. The van der Waals surface area contributed by atoms with E-state index in [1.54, 1.807) is 6.07 Å². The molecule has 5 rings (SSSR count). The lowest BCUT2D eigenvalue weighted by atomic mass is 10.1. The van der Waals surface area contributed by atoms with Gasteiger partial charge < -0.3 is 25.9 Å². The normalized spacial score (nSPS) is 17.3. The van der Waals surface area contributed by atoms with Gasteiger partial charge in [-0.1, -0.05) is 6.07 Å². The van der Waals surface area contributed by atoms with Crippen molar-refractivity contribution in [1.29, 1.82) is 0 Å². The van der Waals surface area contributed by atoms with Gasteiger partial charge in [-0.15, -0.1) is 0 Å². The van der Waals surface area contributed by atoms with E-state index in [4.69, 9.17) is 5.73 Å². The Morgan fingerprint density at radius 3 is 2.90 bits per heavy atom. The van der Waals surface area contributed by atoms with Crippen LogP contribution in [0, 0.1) is 5.82 Å². The number of nitrogens with one attached hydrogen (secondary N) is 3. The molecule has 29 heavy (non-hydrogen) atoms. The third-order valence-electron chi connectivity index (χ3n) is 5.56. The maximum absolute atomic E-state index is 14.3. The molecule has 2 aromatic carbocycles. The summed E-state index contributed by atoms with van der Waals surface area (Å²) in [5.74, 6) is -0.155. The van der Waals surface area contributed by atoms with Gasteiger partial charge in [0, 0.05) is 31.4 Å². The number of hydrogen-bond donors (Lipinski definition) is 4. The number of halogens is 1. The smallest absolute Gasteiger partial charge is 0.261 e. The van der Waals surface area contributed by atoms with Gasteiger partial charge in [0.2, 0.25) is 0 Å². The number of H-pyrrole nitrogens is 2. The molecule has 0 aliphatic carbocycles. The van der Waals surface area contributed by atoms with Crippen LogP contribution in [0.15, 0.2) is 41.2 Å². The molecule has 0 spiro atoms. The van der Waals surface area contributed by atoms with Gasteiger partial charge in [0.1, 0.15) is 17.2 Å². The molecule has 1 saturated heterocycles. The largest absolute Gasteiger partial charge is 0.397 e. The van der Waals surface area contributed by atoms with Crippen LogP contribution in [0.1, 0.15) is 6.92 Å². The van der Waals surface area contributed by atoms with E-state index in [2.05, 4.69) is 32.1 Å². The Morgan fingerprint density at radius 2 is 2.07 bits per heavy atom. The molecule has 8 heteroatoms. The first-order valence-electron chi connectivity index (χ1n) is 9.60. The molecule has 148 valence electrons. The Balaban J connectivity index is 1.64. The van der Waals surface area contributed by atoms with Crippen LogP contribution in [0.25, 0.3) is 33.3 Å². The van der Waals surface area contributed by atoms with E-state index in [9.17, 15) is 9.18 Å². The molecule has 1 atom stereocenters. The van der Waals surface area contributed by atoms with Gasteiger partial charge in [-0.3, -0.25) is 4.79 Å². The fourth-order valence-corrected chi connectivity index (χ4v) is 4.09. The second kappa shape index (κ2) is 6.59. The lowest BCUT2D eigenvalue weighted by Crippen LogP contribution is -2.49. The van der Waals surface area contributed by atoms with Crippen molar-refractivity contribution in [2.45, 2.75) is 13.0 Å². The Bertz CT molecular complexity index is 1290. The van der Waals surface area contributed by atoms with Crippen LogP contribution in [0.4, 0.5) is 15.8 Å². The number of nitrogens with two attached hydrogens (primary N) is 1. The highest BCUT2D eigenvalue weighted by Gasteiger charge is 2.21. The average Bonchev–Trinajstić information content (AvgIpc) is 3.10. The minimum atomic E-state index is -0.483. The van der Waals surface area contributed by atoms with E-state index in [-0.39, 0.29) is 16.6 Å². The lowest BCUT2D eigenvalue weighted by Gasteiger charge is -2.35. The summed E-state index contributed by atoms with van der Waals surface area (Å²) >= 11 is 0. The maximum atomic E-state index is 14.3. The zero-order chi connectivity index (χ0) is 20.1. The Labute approximate surface area is 165 Å². The summed E-state index contributed by atoms with van der Waals surface area (Å²) in [7, 11) is 0. The molecule has 1 aliphatic rings. The number of aromatic nitrogens is 3. The van der Waals surface area contributed by atoms with Crippen molar-refractivity contribution in [2.24, 2.45) is 0 Å². The molecule has 1 aliphatic heterocycles. The third kappa shape index (κ3) is 2.84. The predicted octanol–water partition coefficient (Wildman–Crippen LogP) is 2.59. The summed E-state index contributed by atoms with van der Waals surface area (Å²) in [5.41, 5.74) is 9.00. The van der Waals surface area contributed by atoms with Crippen molar-refractivity contribution in [3.05, 3.63) is 52.6 Å². The van der Waals surface area contributed by atoms with E-state index in [1.165, 1.54) is 12.1 Å². The first-order chi connectivity index (χ1) is 14.0. The summed E-state index contributed by atoms with van der Waals surface area (Å²) in [6, 6.07) is 10.8. The first kappa shape index (κ1) is 17.7. The van der Waals surface area contributed by atoms with Gasteiger partial charge in [0.05, 0.1) is 27.6 Å². The molecule has 1 fully saturated rings. The first-order valence-corrected chi connectivity index (χ1v) is 9.60. The zero-order valence-electron chi connectivity index (χ0n) is 15.9. The van der Waals surface area contributed by atoms with Crippen LogP contribution >= 0.6 is 0 Å². The number of fused-ring (bicyclic) bond motifs is 2. The highest BCUT2D eigenvalue weighted by atomic mass is 19.1. The van der Waals surface area contributed by atoms with Crippen molar-refractivity contribution < 1.29 is 4.39 Å². The summed E-state index contributed by atoms with van der Waals surface area (Å²) < 4.78 is 14.3. The second-order valence-corrected chi connectivity index (χ2v) is 7.44. The van der Waals surface area contributed by atoms with Gasteiger partial charge in [-0.25, -0.2) is 9.37 Å². The highest BCUT2D eigenvalue weighted by molar-refractivity contribution is 5.98. The minimum absolute atomic E-state index is 0.0804. The number of pyridine rings is 1. The fourth-order valence-electron chi connectivity index (χ4n) is 4.09. The molecule has 5 N–H and O–H groups in total. The van der Waals surface area contributed by atoms with E-state index in [1.807, 2.05) is 18.2 Å². The van der Waals surface area contributed by atoms with E-state index in [0.717, 1.165) is 36.4 Å². The molecule has 7 nitrogen and oxygen atoms in total. The number of imidazole rings is 1. The second-order valence-electron chi connectivity index (χ2n) is 7.44. The van der Waals surface area contributed by atoms with Gasteiger partial charge in [-0.2, -0.15) is 0 Å². The number of aromatic amines is 2. The van der Waals surface area contributed by atoms with Crippen LogP contribution in [-0.2, 0) is 0 Å². The lowest BCUT2D eigenvalue weighted by molar-refractivity contribution is 0.501. The third-order valence-corrected chi connectivity index (χ3v) is 5.56. The number of nitrogen functional groups attached to an aromatic ring is 1. The van der Waals surface area contributed by atoms with E-state index < -0.39 is 11.4 Å².